The number of ether oxygens (including phenoxy) is 1. The number of Topliss-reactive ketones (excluding diaryl/α,β-unsaturated/α-hetero) is 3. The van der Waals surface area contributed by atoms with Gasteiger partial charge < -0.3 is 71.4 Å². The molecule has 0 amide bonds. The van der Waals surface area contributed by atoms with Crippen LogP contribution in [0.2, 0.25) is 15.1 Å². The van der Waals surface area contributed by atoms with E-state index in [4.69, 9.17) is 56.7 Å². The van der Waals surface area contributed by atoms with Crippen molar-refractivity contribution in [2.24, 2.45) is 21.1 Å². The summed E-state index contributed by atoms with van der Waals surface area (Å²) in [6.07, 6.45) is 2.57. The molecule has 3 aliphatic rings. The monoisotopic (exact) mass is 1740 g/mol. The molecule has 6 aromatic carbocycles. The van der Waals surface area contributed by atoms with Crippen molar-refractivity contribution in [3.8, 4) is 0 Å². The number of anilines is 3. The number of fused-ring (bicyclic) bond motifs is 12. The van der Waals surface area contributed by atoms with Gasteiger partial charge in [-0.2, -0.15) is 15.3 Å². The van der Waals surface area contributed by atoms with Gasteiger partial charge in [0.1, 0.15) is 34.4 Å². The molecule has 0 spiro atoms. The first-order chi connectivity index (χ1) is 59.3. The number of morpholine rings is 1. The van der Waals surface area contributed by atoms with Gasteiger partial charge in [-0.3, -0.25) is 71.9 Å². The first kappa shape index (κ1) is 89.7. The normalized spacial score (nSPS) is 14.1. The van der Waals surface area contributed by atoms with Gasteiger partial charge in [0, 0.05) is 189 Å². The van der Waals surface area contributed by atoms with Crippen molar-refractivity contribution >= 4 is 167 Å². The molecular weight excluding hydrogens is 1640 g/mol. The molecule has 32 nitrogen and oxygen atoms in total. The Morgan fingerprint density at radius 1 is 0.387 bits per heavy atom. The Morgan fingerprint density at radius 3 is 1.11 bits per heavy atom. The third kappa shape index (κ3) is 20.2. The van der Waals surface area contributed by atoms with Crippen molar-refractivity contribution in [1.29, 1.82) is 0 Å². The number of nitrogen functional groups attached to an aromatic ring is 3. The fourth-order valence-electron chi connectivity index (χ4n) is 16.0. The zero-order chi connectivity index (χ0) is 88.6. The minimum Gasteiger partial charge on any atom is -0.385 e. The molecule has 9 aromatic heterocycles. The number of carbonyl (C=O) groups is 3. The number of nitrogens with zero attached hydrogens (tertiary/aromatic N) is 13. The van der Waals surface area contributed by atoms with Crippen LogP contribution in [-0.2, 0) is 45.5 Å². The lowest BCUT2D eigenvalue weighted by Crippen LogP contribution is -2.43. The quantitative estimate of drug-likeness (QED) is 0.0407. The molecule has 18 rings (SSSR count). The van der Waals surface area contributed by atoms with Crippen LogP contribution in [0.5, 0.6) is 0 Å². The van der Waals surface area contributed by atoms with Gasteiger partial charge >= 0.3 is 0 Å². The molecule has 0 atom stereocenters. The number of halogens is 3. The maximum absolute atomic E-state index is 12.6. The lowest BCUT2D eigenvalue weighted by molar-refractivity contribution is 0.0337. The highest BCUT2D eigenvalue weighted by molar-refractivity contribution is 6.32. The van der Waals surface area contributed by atoms with Crippen LogP contribution >= 0.6 is 34.8 Å². The van der Waals surface area contributed by atoms with Gasteiger partial charge in [-0.15, -0.1) is 0 Å². The number of piperazine rings is 1. The minimum absolute atomic E-state index is 0.0535. The number of aromatic nitrogens is 12. The molecule has 15 aromatic rings. The van der Waals surface area contributed by atoms with E-state index in [0.717, 1.165) is 170 Å². The number of hydrogen-bond acceptors (Lipinski definition) is 23. The second-order valence-electron chi connectivity index (χ2n) is 31.9. The highest BCUT2D eigenvalue weighted by Gasteiger charge is 2.26. The van der Waals surface area contributed by atoms with Crippen LogP contribution in [0.15, 0.2) is 156 Å². The van der Waals surface area contributed by atoms with E-state index in [-0.39, 0.29) is 74.7 Å². The summed E-state index contributed by atoms with van der Waals surface area (Å²) in [6, 6.07) is 37.7. The summed E-state index contributed by atoms with van der Waals surface area (Å²) in [4.78, 5) is 141. The third-order valence-electron chi connectivity index (χ3n) is 22.0. The number of H-pyrrole nitrogens is 6. The van der Waals surface area contributed by atoms with Crippen molar-refractivity contribution in [1.82, 2.24) is 93.5 Å². The predicted molar refractivity (Wildman–Crippen MR) is 495 cm³/mol. The summed E-state index contributed by atoms with van der Waals surface area (Å²) in [6.45, 7) is 13.0. The zero-order valence-corrected chi connectivity index (χ0v) is 73.1. The van der Waals surface area contributed by atoms with E-state index in [1.165, 1.54) is 12.1 Å². The van der Waals surface area contributed by atoms with Gasteiger partial charge in [0.2, 0.25) is 0 Å². The smallest absolute Gasteiger partial charge is 0.257 e. The predicted octanol–water partition coefficient (Wildman–Crippen LogP) is 9.33. The van der Waals surface area contributed by atoms with Crippen molar-refractivity contribution < 1.29 is 19.1 Å². The summed E-state index contributed by atoms with van der Waals surface area (Å²) < 4.78 is 10.7. The average molecular weight is 1750 g/mol. The summed E-state index contributed by atoms with van der Waals surface area (Å²) >= 11 is 17.7. The molecule has 3 saturated heterocycles. The molecule has 124 heavy (non-hydrogen) atoms. The number of pyridine rings is 6. The van der Waals surface area contributed by atoms with E-state index in [9.17, 15) is 43.2 Å². The molecule has 12 heterocycles. The standard InChI is InChI=1S/C17H21N5O.C16H18N4O2.C15H16ClN3O2.C14H16ClN3O2.C14H16N4O.C13H14ClN3O2/c1-20-7-9-22(10-8-20)11-14-15-12-5-3-4-6-13(12)17(23)18-16(15)21(2)19-14;1-19-15-14(11-4-2-3-5-12(11)16(21)17-15)13(18-19)10-20-6-8-22-9-7-20;16-9-3-4-10-11(7-9)15(21)18-14(17)13(10)12(20)8-19-5-1-2-6-19;1-18(2)6-5-11(19)12-9-4-3-8(15)7-10(9)14(20)17-13(12)16;1-17(2)8-11-12-9-6-4-5-7-10(9)14(19)15-13(12)18(3)16-11;1-17(2)6-10(18)11-8-4-3-7(14)5-9(8)13(19)16-12(11)15/h3-6H,7-11H2,1-2H3,(H,18,23);2-5H,6-10H2,1H3,(H,17,21);3-4,7H,1-2,5-6,8H2,(H3,17,18,21);3-4,7H,5-6H2,1-2H3,(H3,16,17,20);4-7H,8H2,1-3H3,(H,15,19);3-5H,6H2,1-2H3,(H3,15,16,19). The van der Waals surface area contributed by atoms with Gasteiger partial charge in [-0.05, 0) is 130 Å². The first-order valence-electron chi connectivity index (χ1n) is 40.5. The zero-order valence-electron chi connectivity index (χ0n) is 70.8. The van der Waals surface area contributed by atoms with Crippen LogP contribution in [0.3, 0.4) is 0 Å². The molecule has 3 aliphatic heterocycles. The van der Waals surface area contributed by atoms with Crippen LogP contribution in [0.4, 0.5) is 17.5 Å². The highest BCUT2D eigenvalue weighted by Crippen LogP contribution is 2.32. The average Bonchev–Trinajstić information content (AvgIpc) is 1.62. The second-order valence-corrected chi connectivity index (χ2v) is 33.2. The van der Waals surface area contributed by atoms with Crippen molar-refractivity contribution in [2.75, 3.05) is 152 Å². The largest absolute Gasteiger partial charge is 0.385 e. The Labute approximate surface area is 725 Å². The Bertz CT molecular complexity index is 6940. The third-order valence-corrected chi connectivity index (χ3v) is 22.7. The summed E-state index contributed by atoms with van der Waals surface area (Å²) in [5.74, 6) is 0.00286. The molecule has 12 N–H and O–H groups in total. The summed E-state index contributed by atoms with van der Waals surface area (Å²) in [7, 11) is 19.2. The number of likely N-dealkylation sites (N-methyl/N-ethyl adjacent to an activating group) is 2. The number of nitrogens with one attached hydrogen (secondary N) is 6. The minimum atomic E-state index is -0.351. The van der Waals surface area contributed by atoms with Gasteiger partial charge in [0.15, 0.2) is 17.3 Å². The van der Waals surface area contributed by atoms with Gasteiger partial charge in [-0.1, -0.05) is 108 Å². The van der Waals surface area contributed by atoms with Crippen LogP contribution in [0.25, 0.3) is 97.7 Å². The van der Waals surface area contributed by atoms with Gasteiger partial charge in [0.25, 0.3) is 33.4 Å². The Kier molecular flexibility index (Phi) is 28.4. The number of aryl methyl sites for hydroxylation is 3. The Morgan fingerprint density at radius 2 is 0.734 bits per heavy atom. The second kappa shape index (κ2) is 39.2. The number of aromatic amines is 6. The summed E-state index contributed by atoms with van der Waals surface area (Å²) in [5, 5.41) is 26.2. The Balaban J connectivity index is 0.000000128. The molecule has 0 bridgehead atoms. The molecule has 0 radical (unpaired) electrons. The van der Waals surface area contributed by atoms with Gasteiger partial charge in [-0.25, -0.2) is 0 Å². The fraction of sp³-hybridized carbons (Fsp3) is 0.326. The topological polar surface area (TPSA) is 412 Å². The summed E-state index contributed by atoms with van der Waals surface area (Å²) in [5.41, 5.74) is 22.7. The van der Waals surface area contributed by atoms with E-state index in [2.05, 4.69) is 76.7 Å². The number of rotatable bonds is 16. The number of carbonyl (C=O) groups excluding carboxylic acids is 3. The van der Waals surface area contributed by atoms with Gasteiger partial charge in [0.05, 0.1) is 60.1 Å². The van der Waals surface area contributed by atoms with E-state index >= 15 is 0 Å². The molecule has 35 heteroatoms. The lowest BCUT2D eigenvalue weighted by Gasteiger charge is -2.31. The van der Waals surface area contributed by atoms with E-state index in [1.54, 1.807) is 75.5 Å². The van der Waals surface area contributed by atoms with Crippen LogP contribution in [-0.4, -0.2) is 245 Å². The molecule has 0 aliphatic carbocycles. The number of benzene rings is 6. The molecule has 648 valence electrons. The van der Waals surface area contributed by atoms with E-state index in [0.29, 0.717) is 94.4 Å². The Hall–Kier alpha value is -12.1. The van der Waals surface area contributed by atoms with Crippen LogP contribution < -0.4 is 50.6 Å². The number of likely N-dealkylation sites (tertiary alicyclic amines) is 1. The number of hydrogen-bond donors (Lipinski definition) is 9. The highest BCUT2D eigenvalue weighted by atomic mass is 35.5. The van der Waals surface area contributed by atoms with Crippen molar-refractivity contribution in [3.63, 3.8) is 0 Å². The maximum atomic E-state index is 12.6. The lowest BCUT2D eigenvalue weighted by atomic mass is 10.0. The van der Waals surface area contributed by atoms with E-state index < -0.39 is 0 Å². The fourth-order valence-corrected chi connectivity index (χ4v) is 16.5. The molecule has 3 fully saturated rings. The van der Waals surface area contributed by atoms with Crippen molar-refractivity contribution in [3.05, 3.63) is 238 Å². The molecule has 0 unspecified atom stereocenters. The van der Waals surface area contributed by atoms with E-state index in [1.807, 2.05) is 127 Å². The maximum Gasteiger partial charge on any atom is 0.257 e. The number of nitrogens with two attached hydrogens (primary N) is 3. The first-order valence-corrected chi connectivity index (χ1v) is 41.6. The molecular formula is C89H101Cl3N22O10. The van der Waals surface area contributed by atoms with Crippen molar-refractivity contribution in [2.45, 2.75) is 38.9 Å². The van der Waals surface area contributed by atoms with Crippen LogP contribution in [0, 0.1) is 0 Å². The SMILES string of the molecule is CN(C)CC(=O)c1c(N)[nH]c(=O)c2cc(Cl)ccc12.CN(C)CCC(=O)c1c(N)[nH]c(=O)c2cc(Cl)ccc12.CN(C)Cc1nn(C)c2[nH]c(=O)c3ccccc3c12.CN1CCN(Cc2nn(C)c3[nH]c(=O)c4ccccc4c23)CC1.Cn1nc(CN2CCOCC2)c2c3ccccc3c(=O)[nH]c21.Nc1[nH]c(=O)c2cc(Cl)ccc2c1C(=O)CN1CCCC1. The van der Waals surface area contributed by atoms with Crippen LogP contribution in [0.1, 0.15) is 67.4 Å². The number of ketones is 3. The molecule has 0 saturated carbocycles.